The summed E-state index contributed by atoms with van der Waals surface area (Å²) < 4.78 is 0. The molecule has 1 aromatic carbocycles. The van der Waals surface area contributed by atoms with Gasteiger partial charge < -0.3 is 10.2 Å². The van der Waals surface area contributed by atoms with E-state index >= 15 is 0 Å². The number of nitrogens with zero attached hydrogens (tertiary/aromatic N) is 4. The van der Waals surface area contributed by atoms with Crippen LogP contribution < -0.4 is 10.9 Å². The minimum atomic E-state index is -1.06. The van der Waals surface area contributed by atoms with E-state index in [0.717, 1.165) is 25.7 Å². The Kier molecular flexibility index (Phi) is 10.5. The minimum absolute atomic E-state index is 0.280. The third kappa shape index (κ3) is 7.12. The second kappa shape index (κ2) is 13.9. The molecule has 44 heavy (non-hydrogen) atoms. The van der Waals surface area contributed by atoms with Crippen molar-refractivity contribution < 1.29 is 29.4 Å². The lowest BCUT2D eigenvalue weighted by atomic mass is 10.1. The van der Waals surface area contributed by atoms with Crippen molar-refractivity contribution in [2.45, 2.75) is 86.5 Å². The molecular weight excluding hydrogens is 604 g/mol. The number of hydrazine groups is 2. The van der Waals surface area contributed by atoms with Crippen LogP contribution in [0.3, 0.4) is 0 Å². The van der Waals surface area contributed by atoms with Gasteiger partial charge >= 0.3 is 11.9 Å². The van der Waals surface area contributed by atoms with Crippen LogP contribution in [0, 0.1) is 0 Å². The van der Waals surface area contributed by atoms with Crippen molar-refractivity contribution >= 4 is 69.7 Å². The molecule has 0 radical (unpaired) electrons. The van der Waals surface area contributed by atoms with Crippen LogP contribution in [0.15, 0.2) is 48.6 Å². The highest BCUT2D eigenvalue weighted by Crippen LogP contribution is 2.45. The SMILES string of the molecule is CCC/C=C/C1(C)SC(CC(=O)O)C(=O)N1Nc1nnc(NN2C(=O)C(CC(=O)O)SC2(C)/C=C/CCC)c2ccccc12. The number of hydrogen-bond donors (Lipinski definition) is 4. The van der Waals surface area contributed by atoms with Gasteiger partial charge in [-0.3, -0.25) is 30.0 Å². The summed E-state index contributed by atoms with van der Waals surface area (Å²) in [6.07, 6.45) is 10.6. The highest BCUT2D eigenvalue weighted by molar-refractivity contribution is 8.02. The van der Waals surface area contributed by atoms with Crippen LogP contribution in [-0.2, 0) is 19.2 Å². The number of carboxylic acid groups (broad SMARTS) is 2. The summed E-state index contributed by atoms with van der Waals surface area (Å²) in [4.78, 5) is 48.1. The fraction of sp³-hybridized carbons (Fsp3) is 0.467. The molecule has 3 heterocycles. The van der Waals surface area contributed by atoms with Crippen LogP contribution in [0.25, 0.3) is 10.8 Å². The second-order valence-corrected chi connectivity index (χ2v) is 14.2. The number of carbonyl (C=O) groups excluding carboxylic acids is 2. The van der Waals surface area contributed by atoms with E-state index in [1.54, 1.807) is 12.1 Å². The Balaban J connectivity index is 1.69. The van der Waals surface area contributed by atoms with E-state index in [-0.39, 0.29) is 36.3 Å². The summed E-state index contributed by atoms with van der Waals surface area (Å²) in [6.45, 7) is 7.79. The normalized spacial score (nSPS) is 25.5. The maximum atomic E-state index is 13.4. The van der Waals surface area contributed by atoms with E-state index in [2.05, 4.69) is 21.0 Å². The Labute approximate surface area is 264 Å². The lowest BCUT2D eigenvalue weighted by Gasteiger charge is -2.33. The molecule has 4 rings (SSSR count). The van der Waals surface area contributed by atoms with Gasteiger partial charge in [-0.15, -0.1) is 33.7 Å². The Morgan fingerprint density at radius 3 is 1.55 bits per heavy atom. The van der Waals surface area contributed by atoms with Gasteiger partial charge in [0.05, 0.1) is 23.3 Å². The molecule has 2 aliphatic rings. The molecule has 0 bridgehead atoms. The van der Waals surface area contributed by atoms with Crippen LogP contribution in [-0.4, -0.2) is 74.4 Å². The molecule has 236 valence electrons. The molecule has 12 nitrogen and oxygen atoms in total. The highest BCUT2D eigenvalue weighted by atomic mass is 32.2. The van der Waals surface area contributed by atoms with Gasteiger partial charge in [-0.25, -0.2) is 10.0 Å². The first-order valence-corrected chi connectivity index (χ1v) is 16.3. The molecule has 0 spiro atoms. The first-order chi connectivity index (χ1) is 20.9. The molecule has 1 aromatic heterocycles. The van der Waals surface area contributed by atoms with Gasteiger partial charge in [0.25, 0.3) is 11.8 Å². The van der Waals surface area contributed by atoms with E-state index < -0.39 is 32.2 Å². The number of aliphatic carboxylic acids is 2. The summed E-state index contributed by atoms with van der Waals surface area (Å²) >= 11 is 2.52. The first-order valence-electron chi connectivity index (χ1n) is 14.5. The number of nitrogens with one attached hydrogen (secondary N) is 2. The number of carbonyl (C=O) groups is 4. The maximum Gasteiger partial charge on any atom is 0.305 e. The number of fused-ring (bicyclic) bond motifs is 1. The van der Waals surface area contributed by atoms with Gasteiger partial charge in [0.15, 0.2) is 11.6 Å². The minimum Gasteiger partial charge on any atom is -0.481 e. The zero-order valence-electron chi connectivity index (χ0n) is 25.1. The molecule has 2 fully saturated rings. The lowest BCUT2D eigenvalue weighted by molar-refractivity contribution is -0.140. The topological polar surface area (TPSA) is 165 Å². The number of carboxylic acids is 2. The van der Waals surface area contributed by atoms with Crippen LogP contribution in [0.4, 0.5) is 11.6 Å². The number of aromatic nitrogens is 2. The second-order valence-electron chi connectivity index (χ2n) is 10.9. The van der Waals surface area contributed by atoms with E-state index in [4.69, 9.17) is 0 Å². The number of amides is 2. The third-order valence-corrected chi connectivity index (χ3v) is 10.1. The monoisotopic (exact) mass is 642 g/mol. The molecule has 4 unspecified atom stereocenters. The van der Waals surface area contributed by atoms with Crippen LogP contribution in [0.5, 0.6) is 0 Å². The van der Waals surface area contributed by atoms with Gasteiger partial charge in [-0.2, -0.15) is 0 Å². The van der Waals surface area contributed by atoms with Crippen LogP contribution in [0.1, 0.15) is 66.2 Å². The number of rotatable bonds is 14. The zero-order chi connectivity index (χ0) is 32.1. The van der Waals surface area contributed by atoms with Crippen molar-refractivity contribution in [1.29, 1.82) is 0 Å². The van der Waals surface area contributed by atoms with Crippen molar-refractivity contribution in [2.24, 2.45) is 0 Å². The predicted molar refractivity (Wildman–Crippen MR) is 173 cm³/mol. The molecule has 0 saturated carbocycles. The maximum absolute atomic E-state index is 13.4. The third-order valence-electron chi connectivity index (χ3n) is 7.25. The van der Waals surface area contributed by atoms with E-state index in [1.165, 1.54) is 33.5 Å². The molecule has 14 heteroatoms. The standard InChI is InChI=1S/C30H38N6O6S2/c1-5-7-11-15-29(3)35(27(41)21(43-29)17-23(37)38)33-25-19-13-9-10-14-20(19)26(32-31-25)34-36-28(42)22(18-24(39)40)44-30(36,4)16-12-8-6-2/h9-16,21-22H,5-8,17-18H2,1-4H3,(H,31,33)(H,32,34)(H,37,38)(H,39,40)/b15-11+,16-12+. The number of allylic oxidation sites excluding steroid dienone is 2. The van der Waals surface area contributed by atoms with Crippen molar-refractivity contribution in [2.75, 3.05) is 10.9 Å². The summed E-state index contributed by atoms with van der Waals surface area (Å²) in [6, 6.07) is 7.23. The first kappa shape index (κ1) is 33.1. The largest absolute Gasteiger partial charge is 0.481 e. The quantitative estimate of drug-likeness (QED) is 0.198. The van der Waals surface area contributed by atoms with Crippen molar-refractivity contribution in [3.8, 4) is 0 Å². The lowest BCUT2D eigenvalue weighted by Crippen LogP contribution is -2.46. The van der Waals surface area contributed by atoms with Gasteiger partial charge in [-0.05, 0) is 26.7 Å². The summed E-state index contributed by atoms with van der Waals surface area (Å²) in [5.41, 5.74) is 6.24. The fourth-order valence-electron chi connectivity index (χ4n) is 5.06. The Morgan fingerprint density at radius 2 is 1.20 bits per heavy atom. The molecule has 4 N–H and O–H groups in total. The average Bonchev–Trinajstić information content (AvgIpc) is 3.33. The van der Waals surface area contributed by atoms with Crippen molar-refractivity contribution in [3.63, 3.8) is 0 Å². The van der Waals surface area contributed by atoms with Crippen molar-refractivity contribution in [3.05, 3.63) is 48.6 Å². The van der Waals surface area contributed by atoms with Gasteiger partial charge in [-0.1, -0.05) is 75.3 Å². The Hall–Kier alpha value is -3.78. The number of hydrogen-bond acceptors (Lipinski definition) is 10. The zero-order valence-corrected chi connectivity index (χ0v) is 26.8. The number of benzene rings is 1. The summed E-state index contributed by atoms with van der Waals surface area (Å²) in [7, 11) is 0. The molecule has 4 atom stereocenters. The van der Waals surface area contributed by atoms with Gasteiger partial charge in [0.2, 0.25) is 0 Å². The molecule has 2 saturated heterocycles. The van der Waals surface area contributed by atoms with E-state index in [9.17, 15) is 29.4 Å². The molecule has 2 aliphatic heterocycles. The molecule has 0 aliphatic carbocycles. The average molecular weight is 643 g/mol. The Morgan fingerprint density at radius 1 is 0.818 bits per heavy atom. The van der Waals surface area contributed by atoms with Crippen LogP contribution >= 0.6 is 23.5 Å². The highest BCUT2D eigenvalue weighted by Gasteiger charge is 2.50. The smallest absolute Gasteiger partial charge is 0.305 e. The number of unbranched alkanes of at least 4 members (excludes halogenated alkanes) is 2. The summed E-state index contributed by atoms with van der Waals surface area (Å²) in [5, 5.41) is 30.0. The van der Waals surface area contributed by atoms with E-state index in [1.807, 2.05) is 64.1 Å². The van der Waals surface area contributed by atoms with E-state index in [0.29, 0.717) is 10.8 Å². The van der Waals surface area contributed by atoms with Crippen molar-refractivity contribution in [1.82, 2.24) is 20.2 Å². The Bertz CT molecular complexity index is 1380. The van der Waals surface area contributed by atoms with Gasteiger partial charge in [0.1, 0.15) is 9.74 Å². The summed E-state index contributed by atoms with van der Waals surface area (Å²) in [5.74, 6) is -2.32. The van der Waals surface area contributed by atoms with Crippen LogP contribution in [0.2, 0.25) is 0 Å². The molecule has 2 aromatic rings. The molecule has 2 amide bonds. The van der Waals surface area contributed by atoms with Gasteiger partial charge in [0, 0.05) is 10.8 Å². The predicted octanol–water partition coefficient (Wildman–Crippen LogP) is 5.27. The number of anilines is 2. The molecular formula is C30H38N6O6S2. The number of thioether (sulfide) groups is 2. The fourth-order valence-corrected chi connectivity index (χ4v) is 7.91.